The molecule has 21 heavy (non-hydrogen) atoms. The van der Waals surface area contributed by atoms with E-state index in [-0.39, 0.29) is 5.69 Å². The lowest BCUT2D eigenvalue weighted by Crippen LogP contribution is -2.37. The Hall–Kier alpha value is -1.72. The molecule has 0 bridgehead atoms. The van der Waals surface area contributed by atoms with Crippen LogP contribution in [0.25, 0.3) is 0 Å². The van der Waals surface area contributed by atoms with Crippen LogP contribution in [0.2, 0.25) is 0 Å². The van der Waals surface area contributed by atoms with Crippen molar-refractivity contribution in [1.82, 2.24) is 4.72 Å². The molecule has 0 amide bonds. The van der Waals surface area contributed by atoms with Crippen molar-refractivity contribution in [2.45, 2.75) is 17.9 Å². The van der Waals surface area contributed by atoms with E-state index < -0.39 is 47.2 Å². The van der Waals surface area contributed by atoms with Gasteiger partial charge in [0.05, 0.1) is 16.4 Å². The number of non-ortho nitro benzene ring substituents is 1. The molecular formula is C10H15N3O6S2. The zero-order chi connectivity index (χ0) is 16.4. The lowest BCUT2D eigenvalue weighted by Gasteiger charge is -2.14. The number of anilines is 1. The van der Waals surface area contributed by atoms with Crippen molar-refractivity contribution in [1.29, 1.82) is 0 Å². The lowest BCUT2D eigenvalue weighted by atomic mass is 10.3. The number of nitrogen functional groups attached to an aromatic ring is 1. The minimum Gasteiger partial charge on any atom is -0.398 e. The predicted molar refractivity (Wildman–Crippen MR) is 77.0 cm³/mol. The first-order chi connectivity index (χ1) is 9.42. The smallest absolute Gasteiger partial charge is 0.270 e. The summed E-state index contributed by atoms with van der Waals surface area (Å²) in [6.07, 6.45) is 0.972. The van der Waals surface area contributed by atoms with E-state index in [4.69, 9.17) is 5.73 Å². The third-order valence-electron chi connectivity index (χ3n) is 2.41. The van der Waals surface area contributed by atoms with Gasteiger partial charge in [-0.05, 0) is 13.0 Å². The highest BCUT2D eigenvalue weighted by atomic mass is 32.2. The van der Waals surface area contributed by atoms with Crippen LogP contribution in [0.3, 0.4) is 0 Å². The minimum atomic E-state index is -4.16. The van der Waals surface area contributed by atoms with Gasteiger partial charge in [-0.15, -0.1) is 0 Å². The lowest BCUT2D eigenvalue weighted by molar-refractivity contribution is -0.385. The Bertz CT molecular complexity index is 757. The number of hydrogen-bond donors (Lipinski definition) is 2. The molecule has 0 radical (unpaired) electrons. The second kappa shape index (κ2) is 5.95. The topological polar surface area (TPSA) is 149 Å². The van der Waals surface area contributed by atoms with Crippen LogP contribution < -0.4 is 10.5 Å². The van der Waals surface area contributed by atoms with E-state index in [0.717, 1.165) is 24.5 Å². The standard InChI is InChI=1S/C10H15N3O6S2/c1-7(6-20(2,16)17)12-21(18,19)10-5-8(13(14)15)3-4-9(10)11/h3-5,7,12H,6,11H2,1-2H3. The number of rotatable bonds is 6. The van der Waals surface area contributed by atoms with Gasteiger partial charge in [-0.3, -0.25) is 10.1 Å². The van der Waals surface area contributed by atoms with Crippen LogP contribution >= 0.6 is 0 Å². The predicted octanol–water partition coefficient (Wildman–Crippen LogP) is -0.112. The van der Waals surface area contributed by atoms with Crippen molar-refractivity contribution in [2.75, 3.05) is 17.7 Å². The Kier molecular flexibility index (Phi) is 4.91. The maximum Gasteiger partial charge on any atom is 0.270 e. The molecule has 0 saturated heterocycles. The summed E-state index contributed by atoms with van der Waals surface area (Å²) in [7, 11) is -7.54. The van der Waals surface area contributed by atoms with E-state index in [9.17, 15) is 26.9 Å². The second-order valence-electron chi connectivity index (χ2n) is 4.59. The summed E-state index contributed by atoms with van der Waals surface area (Å²) in [6, 6.07) is 2.11. The van der Waals surface area contributed by atoms with E-state index >= 15 is 0 Å². The second-order valence-corrected chi connectivity index (χ2v) is 8.46. The zero-order valence-electron chi connectivity index (χ0n) is 11.3. The zero-order valence-corrected chi connectivity index (χ0v) is 12.9. The Morgan fingerprint density at radius 1 is 1.33 bits per heavy atom. The summed E-state index contributed by atoms with van der Waals surface area (Å²) in [5.74, 6) is -0.402. The highest BCUT2D eigenvalue weighted by Crippen LogP contribution is 2.24. The Morgan fingerprint density at radius 3 is 2.38 bits per heavy atom. The molecule has 9 nitrogen and oxygen atoms in total. The highest BCUT2D eigenvalue weighted by Gasteiger charge is 2.24. The van der Waals surface area contributed by atoms with Gasteiger partial charge in [-0.25, -0.2) is 21.6 Å². The molecule has 1 aromatic rings. The van der Waals surface area contributed by atoms with Crippen LogP contribution in [0.5, 0.6) is 0 Å². The van der Waals surface area contributed by atoms with Crippen molar-refractivity contribution in [2.24, 2.45) is 0 Å². The Morgan fingerprint density at radius 2 is 1.90 bits per heavy atom. The minimum absolute atomic E-state index is 0.167. The molecule has 0 fully saturated rings. The van der Waals surface area contributed by atoms with Gasteiger partial charge in [0.1, 0.15) is 14.7 Å². The third kappa shape index (κ3) is 4.95. The summed E-state index contributed by atoms with van der Waals surface area (Å²) >= 11 is 0. The summed E-state index contributed by atoms with van der Waals surface area (Å²) in [5.41, 5.74) is 4.92. The molecule has 1 atom stereocenters. The molecule has 3 N–H and O–H groups in total. The van der Waals surface area contributed by atoms with Crippen molar-refractivity contribution < 1.29 is 21.8 Å². The van der Waals surface area contributed by atoms with Crippen molar-refractivity contribution in [3.8, 4) is 0 Å². The van der Waals surface area contributed by atoms with E-state index in [1.54, 1.807) is 0 Å². The number of sulfonamides is 1. The van der Waals surface area contributed by atoms with Crippen LogP contribution in [0.4, 0.5) is 11.4 Å². The molecule has 0 aliphatic rings. The average molecular weight is 337 g/mol. The normalized spacial score (nSPS) is 13.8. The molecule has 0 aliphatic heterocycles. The van der Waals surface area contributed by atoms with E-state index in [1.807, 2.05) is 0 Å². The fourth-order valence-electron chi connectivity index (χ4n) is 1.69. The first-order valence-electron chi connectivity index (χ1n) is 5.66. The number of nitrogens with zero attached hydrogens (tertiary/aromatic N) is 1. The number of nitro groups is 1. The SMILES string of the molecule is CC(CS(C)(=O)=O)NS(=O)(=O)c1cc([N+](=O)[O-])ccc1N. The summed E-state index contributed by atoms with van der Waals surface area (Å²) in [5, 5.41) is 10.7. The van der Waals surface area contributed by atoms with Gasteiger partial charge in [0.25, 0.3) is 5.69 Å². The van der Waals surface area contributed by atoms with Crippen molar-refractivity contribution in [3.63, 3.8) is 0 Å². The Labute approximate surface area is 122 Å². The van der Waals surface area contributed by atoms with E-state index in [0.29, 0.717) is 0 Å². The van der Waals surface area contributed by atoms with Gasteiger partial charge in [0, 0.05) is 24.4 Å². The molecule has 1 rings (SSSR count). The number of nitro benzene ring substituents is 1. The van der Waals surface area contributed by atoms with Gasteiger partial charge in [0.15, 0.2) is 0 Å². The molecule has 11 heteroatoms. The molecule has 1 unspecified atom stereocenters. The van der Waals surface area contributed by atoms with Gasteiger partial charge >= 0.3 is 0 Å². The highest BCUT2D eigenvalue weighted by molar-refractivity contribution is 7.91. The first-order valence-corrected chi connectivity index (χ1v) is 9.21. The van der Waals surface area contributed by atoms with Crippen molar-refractivity contribution >= 4 is 31.2 Å². The number of sulfone groups is 1. The molecule has 0 aliphatic carbocycles. The number of nitrogens with one attached hydrogen (secondary N) is 1. The summed E-state index contributed by atoms with van der Waals surface area (Å²) < 4.78 is 48.6. The fourth-order valence-corrected chi connectivity index (χ4v) is 4.18. The largest absolute Gasteiger partial charge is 0.398 e. The monoisotopic (exact) mass is 337 g/mol. The van der Waals surface area contributed by atoms with Crippen LogP contribution in [-0.2, 0) is 19.9 Å². The van der Waals surface area contributed by atoms with Crippen LogP contribution in [-0.4, -0.2) is 39.8 Å². The van der Waals surface area contributed by atoms with Gasteiger partial charge in [-0.1, -0.05) is 0 Å². The third-order valence-corrected chi connectivity index (χ3v) is 5.16. The Balaban J connectivity index is 3.14. The molecule has 0 spiro atoms. The molecule has 1 aromatic carbocycles. The van der Waals surface area contributed by atoms with Crippen LogP contribution in [0, 0.1) is 10.1 Å². The first kappa shape index (κ1) is 17.3. The molecule has 0 aromatic heterocycles. The van der Waals surface area contributed by atoms with E-state index in [2.05, 4.69) is 4.72 Å². The maximum atomic E-state index is 12.1. The van der Waals surface area contributed by atoms with E-state index in [1.165, 1.54) is 6.92 Å². The number of benzene rings is 1. The fraction of sp³-hybridized carbons (Fsp3) is 0.400. The average Bonchev–Trinajstić information content (AvgIpc) is 2.24. The summed E-state index contributed by atoms with van der Waals surface area (Å²) in [6.45, 7) is 1.37. The molecular weight excluding hydrogens is 322 g/mol. The summed E-state index contributed by atoms with van der Waals surface area (Å²) in [4.78, 5) is 9.46. The van der Waals surface area contributed by atoms with Crippen LogP contribution in [0.1, 0.15) is 6.92 Å². The van der Waals surface area contributed by atoms with Gasteiger partial charge in [0.2, 0.25) is 10.0 Å². The number of hydrogen-bond acceptors (Lipinski definition) is 7. The molecule has 0 saturated carbocycles. The molecule has 118 valence electrons. The maximum absolute atomic E-state index is 12.1. The van der Waals surface area contributed by atoms with Crippen LogP contribution in [0.15, 0.2) is 23.1 Å². The number of nitrogens with two attached hydrogens (primary N) is 1. The van der Waals surface area contributed by atoms with Crippen molar-refractivity contribution in [3.05, 3.63) is 28.3 Å². The quantitative estimate of drug-likeness (QED) is 0.417. The van der Waals surface area contributed by atoms with Gasteiger partial charge in [-0.2, -0.15) is 0 Å². The van der Waals surface area contributed by atoms with Gasteiger partial charge < -0.3 is 5.73 Å². The molecule has 0 heterocycles.